The molecule has 0 aliphatic heterocycles. The van der Waals surface area contributed by atoms with Crippen LogP contribution >= 0.6 is 0 Å². The van der Waals surface area contributed by atoms with E-state index in [1.165, 1.54) is 38.1 Å². The minimum absolute atomic E-state index is 0.650. The van der Waals surface area contributed by atoms with Crippen molar-refractivity contribution >= 4 is 43.6 Å². The van der Waals surface area contributed by atoms with Crippen LogP contribution in [-0.2, 0) is 0 Å². The van der Waals surface area contributed by atoms with Crippen LogP contribution < -0.4 is 0 Å². The highest BCUT2D eigenvalue weighted by molar-refractivity contribution is 6.11. The Bertz CT molecular complexity index is 2270. The summed E-state index contributed by atoms with van der Waals surface area (Å²) in [4.78, 5) is 0. The second-order valence-electron chi connectivity index (χ2n) is 10.6. The predicted molar refractivity (Wildman–Crippen MR) is 170 cm³/mol. The largest absolute Gasteiger partial charge is 0.309 e. The van der Waals surface area contributed by atoms with Crippen LogP contribution in [0.4, 0.5) is 0 Å². The number of nitrogens with zero attached hydrogens (tertiary/aromatic N) is 3. The summed E-state index contributed by atoms with van der Waals surface area (Å²) in [5.41, 5.74) is 10.6. The molecule has 0 unspecified atom stereocenters. The maximum absolute atomic E-state index is 10.3. The Morgan fingerprint density at radius 2 is 1.07 bits per heavy atom. The number of fused-ring (bicyclic) bond motifs is 6. The molecule has 2 aromatic heterocycles. The van der Waals surface area contributed by atoms with Crippen molar-refractivity contribution in [2.45, 2.75) is 6.92 Å². The fourth-order valence-corrected chi connectivity index (χ4v) is 6.43. The first-order chi connectivity index (χ1) is 20.2. The average molecular weight is 524 g/mol. The van der Waals surface area contributed by atoms with E-state index in [1.807, 2.05) is 12.1 Å². The van der Waals surface area contributed by atoms with Crippen LogP contribution in [0.3, 0.4) is 0 Å². The molecule has 3 heteroatoms. The number of benzene rings is 6. The molecule has 192 valence electrons. The van der Waals surface area contributed by atoms with Crippen LogP contribution in [0.5, 0.6) is 0 Å². The number of nitriles is 1. The third-order valence-corrected chi connectivity index (χ3v) is 8.22. The average Bonchev–Trinajstić information content (AvgIpc) is 3.53. The third kappa shape index (κ3) is 3.45. The van der Waals surface area contributed by atoms with E-state index < -0.39 is 0 Å². The number of aryl methyl sites for hydroxylation is 1. The van der Waals surface area contributed by atoms with Gasteiger partial charge in [-0.05, 0) is 61.0 Å². The number of hydrogen-bond acceptors (Lipinski definition) is 1. The lowest BCUT2D eigenvalue weighted by atomic mass is 9.99. The smallest absolute Gasteiger partial charge is 0.101 e. The van der Waals surface area contributed by atoms with Gasteiger partial charge in [-0.15, -0.1) is 0 Å². The zero-order chi connectivity index (χ0) is 27.5. The third-order valence-electron chi connectivity index (χ3n) is 8.22. The van der Waals surface area contributed by atoms with E-state index >= 15 is 0 Å². The molecule has 0 radical (unpaired) electrons. The van der Waals surface area contributed by atoms with Crippen molar-refractivity contribution < 1.29 is 0 Å². The van der Waals surface area contributed by atoms with Gasteiger partial charge >= 0.3 is 0 Å². The van der Waals surface area contributed by atoms with Crippen molar-refractivity contribution in [2.24, 2.45) is 0 Å². The Morgan fingerprint density at radius 1 is 0.512 bits per heavy atom. The summed E-state index contributed by atoms with van der Waals surface area (Å²) >= 11 is 0. The van der Waals surface area contributed by atoms with Crippen LogP contribution in [0.15, 0.2) is 133 Å². The monoisotopic (exact) mass is 523 g/mol. The molecule has 0 spiro atoms. The predicted octanol–water partition coefficient (Wildman–Crippen LogP) is 9.73. The molecule has 0 fully saturated rings. The number of aromatic nitrogens is 2. The van der Waals surface area contributed by atoms with Gasteiger partial charge in [-0.3, -0.25) is 0 Å². The van der Waals surface area contributed by atoms with Crippen molar-refractivity contribution in [3.05, 3.63) is 145 Å². The molecule has 0 N–H and O–H groups in total. The van der Waals surface area contributed by atoms with E-state index in [0.29, 0.717) is 5.56 Å². The van der Waals surface area contributed by atoms with Gasteiger partial charge in [-0.1, -0.05) is 90.5 Å². The minimum Gasteiger partial charge on any atom is -0.309 e. The molecule has 6 aromatic carbocycles. The number of rotatable bonds is 3. The summed E-state index contributed by atoms with van der Waals surface area (Å²) in [6.07, 6.45) is 0. The first kappa shape index (κ1) is 23.3. The van der Waals surface area contributed by atoms with E-state index in [1.54, 1.807) is 0 Å². The Hall–Kier alpha value is -5.59. The van der Waals surface area contributed by atoms with Crippen molar-refractivity contribution in [3.8, 4) is 28.6 Å². The molecule has 8 rings (SSSR count). The molecule has 0 aliphatic rings. The van der Waals surface area contributed by atoms with Gasteiger partial charge in [0, 0.05) is 32.8 Å². The van der Waals surface area contributed by atoms with E-state index in [-0.39, 0.29) is 0 Å². The second kappa shape index (κ2) is 8.98. The van der Waals surface area contributed by atoms with Gasteiger partial charge in [-0.2, -0.15) is 5.26 Å². The molecule has 8 aromatic rings. The lowest BCUT2D eigenvalue weighted by molar-refractivity contribution is 1.16. The van der Waals surface area contributed by atoms with Crippen LogP contribution in [0.25, 0.3) is 66.1 Å². The summed E-state index contributed by atoms with van der Waals surface area (Å²) in [7, 11) is 0. The maximum Gasteiger partial charge on any atom is 0.101 e. The van der Waals surface area contributed by atoms with Gasteiger partial charge in [-0.25, -0.2) is 0 Å². The molecule has 0 bridgehead atoms. The topological polar surface area (TPSA) is 33.6 Å². The van der Waals surface area contributed by atoms with Crippen LogP contribution in [0.2, 0.25) is 0 Å². The van der Waals surface area contributed by atoms with Crippen LogP contribution in [0.1, 0.15) is 11.1 Å². The van der Waals surface area contributed by atoms with E-state index in [2.05, 4.69) is 143 Å². The van der Waals surface area contributed by atoms with Gasteiger partial charge in [0.05, 0.1) is 33.3 Å². The highest BCUT2D eigenvalue weighted by Gasteiger charge is 2.19. The molecular formula is C38H25N3. The fraction of sp³-hybridized carbons (Fsp3) is 0.0263. The molecule has 0 amide bonds. The van der Waals surface area contributed by atoms with Crippen molar-refractivity contribution in [3.63, 3.8) is 0 Å². The summed E-state index contributed by atoms with van der Waals surface area (Å²) in [5.74, 6) is 0. The molecule has 3 nitrogen and oxygen atoms in total. The summed E-state index contributed by atoms with van der Waals surface area (Å²) in [6, 6.07) is 49.4. The standard InChI is InChI=1S/C38H25N3/c1-25-17-22-37-33(23-25)32-12-4-7-16-36(32)41(37)38-27(24-39)9-8-13-29(38)26-18-20-28(21-19-26)40-34-14-5-2-10-30(34)31-11-3-6-15-35(31)40/h2-23H,1H3. The normalized spacial score (nSPS) is 11.5. The zero-order valence-corrected chi connectivity index (χ0v) is 22.5. The van der Waals surface area contributed by atoms with Gasteiger partial charge in [0.25, 0.3) is 0 Å². The number of hydrogen-bond donors (Lipinski definition) is 0. The quantitative estimate of drug-likeness (QED) is 0.227. The second-order valence-corrected chi connectivity index (χ2v) is 10.6. The van der Waals surface area contributed by atoms with Crippen LogP contribution in [0, 0.1) is 18.3 Å². The van der Waals surface area contributed by atoms with Crippen LogP contribution in [-0.4, -0.2) is 9.13 Å². The lowest BCUT2D eigenvalue weighted by Crippen LogP contribution is -2.01. The fourth-order valence-electron chi connectivity index (χ4n) is 6.43. The molecule has 0 aliphatic carbocycles. The molecule has 41 heavy (non-hydrogen) atoms. The highest BCUT2D eigenvalue weighted by atomic mass is 15.0. The van der Waals surface area contributed by atoms with Gasteiger partial charge in [0.1, 0.15) is 6.07 Å². The lowest BCUT2D eigenvalue weighted by Gasteiger charge is -2.16. The van der Waals surface area contributed by atoms with E-state index in [9.17, 15) is 5.26 Å². The van der Waals surface area contributed by atoms with Crippen molar-refractivity contribution in [1.29, 1.82) is 5.26 Å². The molecule has 0 saturated carbocycles. The summed E-state index contributed by atoms with van der Waals surface area (Å²) in [6.45, 7) is 2.12. The van der Waals surface area contributed by atoms with Gasteiger partial charge in [0.2, 0.25) is 0 Å². The SMILES string of the molecule is Cc1ccc2c(c1)c1ccccc1n2-c1c(C#N)cccc1-c1ccc(-n2c3ccccc3c3ccccc32)cc1. The summed E-state index contributed by atoms with van der Waals surface area (Å²) in [5, 5.41) is 15.2. The first-order valence-corrected chi connectivity index (χ1v) is 13.9. The Labute approximate surface area is 237 Å². The Balaban J connectivity index is 1.36. The Morgan fingerprint density at radius 3 is 1.71 bits per heavy atom. The first-order valence-electron chi connectivity index (χ1n) is 13.9. The van der Waals surface area contributed by atoms with E-state index in [0.717, 1.165) is 33.5 Å². The van der Waals surface area contributed by atoms with E-state index in [4.69, 9.17) is 0 Å². The minimum atomic E-state index is 0.650. The molecule has 2 heterocycles. The highest BCUT2D eigenvalue weighted by Crippen LogP contribution is 2.39. The molecule has 0 saturated heterocycles. The van der Waals surface area contributed by atoms with Crippen molar-refractivity contribution in [2.75, 3.05) is 0 Å². The number of para-hydroxylation sites is 4. The van der Waals surface area contributed by atoms with Gasteiger partial charge < -0.3 is 9.13 Å². The molecule has 0 atom stereocenters. The van der Waals surface area contributed by atoms with Crippen molar-refractivity contribution in [1.82, 2.24) is 9.13 Å². The Kier molecular flexibility index (Phi) is 5.10. The summed E-state index contributed by atoms with van der Waals surface area (Å²) < 4.78 is 4.59. The molecular weight excluding hydrogens is 498 g/mol. The zero-order valence-electron chi connectivity index (χ0n) is 22.5. The van der Waals surface area contributed by atoms with Gasteiger partial charge in [0.15, 0.2) is 0 Å². The maximum atomic E-state index is 10.3.